The van der Waals surface area contributed by atoms with E-state index in [4.69, 9.17) is 0 Å². The molecule has 68 valence electrons. The normalized spacial score (nSPS) is 30.5. The predicted molar refractivity (Wildman–Crippen MR) is 50.1 cm³/mol. The van der Waals surface area contributed by atoms with Crippen molar-refractivity contribution in [2.75, 3.05) is 13.6 Å². The topological polar surface area (TPSA) is 20.3 Å². The van der Waals surface area contributed by atoms with Gasteiger partial charge in [0.05, 0.1) is 5.54 Å². The number of ketones is 1. The molecule has 1 rings (SSSR count). The molecule has 1 aliphatic heterocycles. The van der Waals surface area contributed by atoms with E-state index in [1.807, 2.05) is 13.1 Å². The summed E-state index contributed by atoms with van der Waals surface area (Å²) in [5, 5.41) is 0. The standard InChI is InChI=1S/C10H17NO/c1-4-6-10(9(2)12)7-5-8-11(10)3/h4H,1,5-8H2,2-3H3/t10-/m1/s1. The zero-order valence-corrected chi connectivity index (χ0v) is 7.97. The summed E-state index contributed by atoms with van der Waals surface area (Å²) >= 11 is 0. The van der Waals surface area contributed by atoms with Gasteiger partial charge in [0.1, 0.15) is 5.78 Å². The minimum atomic E-state index is -0.220. The Morgan fingerprint density at radius 2 is 2.42 bits per heavy atom. The minimum Gasteiger partial charge on any atom is -0.298 e. The molecule has 2 nitrogen and oxygen atoms in total. The molecule has 12 heavy (non-hydrogen) atoms. The summed E-state index contributed by atoms with van der Waals surface area (Å²) in [5.41, 5.74) is -0.220. The van der Waals surface area contributed by atoms with E-state index < -0.39 is 0 Å². The Balaban J connectivity index is 2.84. The second-order valence-corrected chi connectivity index (χ2v) is 3.61. The van der Waals surface area contributed by atoms with Crippen molar-refractivity contribution in [3.63, 3.8) is 0 Å². The molecule has 0 saturated carbocycles. The minimum absolute atomic E-state index is 0.220. The monoisotopic (exact) mass is 167 g/mol. The van der Waals surface area contributed by atoms with Crippen molar-refractivity contribution in [1.82, 2.24) is 4.90 Å². The maximum Gasteiger partial charge on any atom is 0.150 e. The lowest BCUT2D eigenvalue weighted by Gasteiger charge is -2.32. The molecule has 1 saturated heterocycles. The molecule has 0 amide bonds. The third-order valence-electron chi connectivity index (χ3n) is 2.95. The van der Waals surface area contributed by atoms with Gasteiger partial charge in [-0.1, -0.05) is 6.08 Å². The van der Waals surface area contributed by atoms with E-state index in [2.05, 4.69) is 11.5 Å². The number of carbonyl (C=O) groups is 1. The van der Waals surface area contributed by atoms with Crippen LogP contribution in [0.15, 0.2) is 12.7 Å². The maximum absolute atomic E-state index is 11.5. The zero-order chi connectivity index (χ0) is 9.19. The Morgan fingerprint density at radius 3 is 2.75 bits per heavy atom. The Hall–Kier alpha value is -0.630. The Morgan fingerprint density at radius 1 is 1.75 bits per heavy atom. The van der Waals surface area contributed by atoms with Crippen molar-refractivity contribution < 1.29 is 4.79 Å². The number of Topliss-reactive ketones (excluding diaryl/α,β-unsaturated/α-hetero) is 1. The van der Waals surface area contributed by atoms with Gasteiger partial charge in [0.2, 0.25) is 0 Å². The zero-order valence-electron chi connectivity index (χ0n) is 7.97. The largest absolute Gasteiger partial charge is 0.298 e. The van der Waals surface area contributed by atoms with Crippen LogP contribution in [0.1, 0.15) is 26.2 Å². The fourth-order valence-corrected chi connectivity index (χ4v) is 2.10. The van der Waals surface area contributed by atoms with Crippen LogP contribution >= 0.6 is 0 Å². The van der Waals surface area contributed by atoms with Crippen molar-refractivity contribution in [2.45, 2.75) is 31.7 Å². The number of likely N-dealkylation sites (tertiary alicyclic amines) is 1. The van der Waals surface area contributed by atoms with Crippen molar-refractivity contribution in [3.8, 4) is 0 Å². The van der Waals surface area contributed by atoms with Crippen molar-refractivity contribution in [2.24, 2.45) is 0 Å². The van der Waals surface area contributed by atoms with Gasteiger partial charge in [-0.3, -0.25) is 9.69 Å². The number of rotatable bonds is 3. The van der Waals surface area contributed by atoms with Crippen LogP contribution in [-0.4, -0.2) is 29.8 Å². The van der Waals surface area contributed by atoms with Gasteiger partial charge >= 0.3 is 0 Å². The molecule has 1 atom stereocenters. The van der Waals surface area contributed by atoms with Crippen molar-refractivity contribution >= 4 is 5.78 Å². The summed E-state index contributed by atoms with van der Waals surface area (Å²) in [7, 11) is 2.03. The number of nitrogens with zero attached hydrogens (tertiary/aromatic N) is 1. The van der Waals surface area contributed by atoms with E-state index in [0.29, 0.717) is 0 Å². The Labute approximate surface area is 74.2 Å². The third-order valence-corrected chi connectivity index (χ3v) is 2.95. The Bertz CT molecular complexity index is 200. The number of hydrogen-bond donors (Lipinski definition) is 0. The number of carbonyl (C=O) groups excluding carboxylic acids is 1. The van der Waals surface area contributed by atoms with Crippen LogP contribution in [0, 0.1) is 0 Å². The molecule has 0 aliphatic carbocycles. The van der Waals surface area contributed by atoms with Gasteiger partial charge in [0, 0.05) is 0 Å². The molecule has 0 radical (unpaired) electrons. The molecule has 0 bridgehead atoms. The van der Waals surface area contributed by atoms with Crippen LogP contribution < -0.4 is 0 Å². The second kappa shape index (κ2) is 3.40. The summed E-state index contributed by atoms with van der Waals surface area (Å²) in [6.45, 7) is 6.43. The highest BCUT2D eigenvalue weighted by Crippen LogP contribution is 2.32. The molecular weight excluding hydrogens is 150 g/mol. The van der Waals surface area contributed by atoms with E-state index in [0.717, 1.165) is 25.8 Å². The first-order valence-corrected chi connectivity index (χ1v) is 4.46. The van der Waals surface area contributed by atoms with E-state index in [9.17, 15) is 4.79 Å². The van der Waals surface area contributed by atoms with Crippen molar-refractivity contribution in [3.05, 3.63) is 12.7 Å². The van der Waals surface area contributed by atoms with E-state index >= 15 is 0 Å². The highest BCUT2D eigenvalue weighted by atomic mass is 16.1. The van der Waals surface area contributed by atoms with Crippen LogP contribution in [0.4, 0.5) is 0 Å². The molecule has 2 heteroatoms. The SMILES string of the molecule is C=CC[C@]1(C(C)=O)CCCN1C. The highest BCUT2D eigenvalue weighted by Gasteiger charge is 2.41. The molecule has 0 spiro atoms. The Kier molecular flexibility index (Phi) is 2.68. The van der Waals surface area contributed by atoms with Crippen molar-refractivity contribution in [1.29, 1.82) is 0 Å². The van der Waals surface area contributed by atoms with Gasteiger partial charge in [-0.15, -0.1) is 6.58 Å². The lowest BCUT2D eigenvalue weighted by atomic mass is 9.88. The fraction of sp³-hybridized carbons (Fsp3) is 0.700. The lowest BCUT2D eigenvalue weighted by Crippen LogP contribution is -2.46. The molecule has 0 aromatic heterocycles. The predicted octanol–water partition coefficient (Wildman–Crippen LogP) is 1.62. The molecule has 0 unspecified atom stereocenters. The van der Waals surface area contributed by atoms with E-state index in [1.54, 1.807) is 6.92 Å². The maximum atomic E-state index is 11.5. The van der Waals surface area contributed by atoms with Gasteiger partial charge < -0.3 is 0 Å². The summed E-state index contributed by atoms with van der Waals surface area (Å²) in [4.78, 5) is 13.6. The number of likely N-dealkylation sites (N-methyl/N-ethyl adjacent to an activating group) is 1. The molecule has 1 aliphatic rings. The molecule has 1 fully saturated rings. The van der Waals surface area contributed by atoms with E-state index in [1.165, 1.54) is 0 Å². The average molecular weight is 167 g/mol. The van der Waals surface area contributed by atoms with Crippen LogP contribution in [0.5, 0.6) is 0 Å². The molecule has 0 aromatic rings. The molecular formula is C10H17NO. The lowest BCUT2D eigenvalue weighted by molar-refractivity contribution is -0.126. The second-order valence-electron chi connectivity index (χ2n) is 3.61. The summed E-state index contributed by atoms with van der Waals surface area (Å²) < 4.78 is 0. The van der Waals surface area contributed by atoms with Gasteiger partial charge in [-0.25, -0.2) is 0 Å². The first-order valence-electron chi connectivity index (χ1n) is 4.46. The van der Waals surface area contributed by atoms with Crippen LogP contribution in [0.25, 0.3) is 0 Å². The van der Waals surface area contributed by atoms with Crippen LogP contribution in [0.2, 0.25) is 0 Å². The highest BCUT2D eigenvalue weighted by molar-refractivity contribution is 5.86. The third kappa shape index (κ3) is 1.31. The quantitative estimate of drug-likeness (QED) is 0.595. The average Bonchev–Trinajstić information content (AvgIpc) is 2.34. The molecule has 0 N–H and O–H groups in total. The molecule has 1 heterocycles. The molecule has 0 aromatic carbocycles. The summed E-state index contributed by atoms with van der Waals surface area (Å²) in [6, 6.07) is 0. The summed E-state index contributed by atoms with van der Waals surface area (Å²) in [5.74, 6) is 0.280. The van der Waals surface area contributed by atoms with Gasteiger partial charge in [-0.05, 0) is 39.8 Å². The van der Waals surface area contributed by atoms with Crippen LogP contribution in [-0.2, 0) is 4.79 Å². The first kappa shape index (κ1) is 9.46. The summed E-state index contributed by atoms with van der Waals surface area (Å²) in [6.07, 6.45) is 4.76. The number of hydrogen-bond acceptors (Lipinski definition) is 2. The first-order chi connectivity index (χ1) is 5.63. The smallest absolute Gasteiger partial charge is 0.150 e. The van der Waals surface area contributed by atoms with Crippen LogP contribution in [0.3, 0.4) is 0 Å². The van der Waals surface area contributed by atoms with Gasteiger partial charge in [0.15, 0.2) is 0 Å². The van der Waals surface area contributed by atoms with E-state index in [-0.39, 0.29) is 11.3 Å². The fourth-order valence-electron chi connectivity index (χ4n) is 2.10. The van der Waals surface area contributed by atoms with Gasteiger partial charge in [-0.2, -0.15) is 0 Å². The van der Waals surface area contributed by atoms with Gasteiger partial charge in [0.25, 0.3) is 0 Å².